The van der Waals surface area contributed by atoms with E-state index in [-0.39, 0.29) is 17.9 Å². The lowest BCUT2D eigenvalue weighted by molar-refractivity contribution is -0.135. The SMILES string of the molecule is CCC(=O)N1CCCCC1c1nnc2n1CCN(C(=O)c1sc(C)nc1C)CC2. The van der Waals surface area contributed by atoms with Gasteiger partial charge in [-0.1, -0.05) is 6.92 Å². The Morgan fingerprint density at radius 3 is 2.66 bits per heavy atom. The van der Waals surface area contributed by atoms with Crippen molar-refractivity contribution in [2.24, 2.45) is 0 Å². The van der Waals surface area contributed by atoms with Crippen LogP contribution < -0.4 is 0 Å². The largest absolute Gasteiger partial charge is 0.336 e. The molecule has 9 heteroatoms. The van der Waals surface area contributed by atoms with Crippen molar-refractivity contribution < 1.29 is 9.59 Å². The van der Waals surface area contributed by atoms with Crippen molar-refractivity contribution in [1.82, 2.24) is 29.5 Å². The lowest BCUT2D eigenvalue weighted by Crippen LogP contribution is -2.39. The molecular formula is C20H28N6O2S. The van der Waals surface area contributed by atoms with Crippen LogP contribution in [0.25, 0.3) is 0 Å². The fourth-order valence-electron chi connectivity index (χ4n) is 4.37. The Bertz CT molecular complexity index is 920. The summed E-state index contributed by atoms with van der Waals surface area (Å²) in [6.45, 7) is 8.41. The Hall–Kier alpha value is -2.29. The van der Waals surface area contributed by atoms with Crippen LogP contribution in [0.1, 0.15) is 70.7 Å². The molecule has 0 aromatic carbocycles. The smallest absolute Gasteiger partial charge is 0.265 e. The van der Waals surface area contributed by atoms with Crippen LogP contribution >= 0.6 is 11.3 Å². The molecule has 156 valence electrons. The first-order chi connectivity index (χ1) is 14.0. The van der Waals surface area contributed by atoms with Crippen molar-refractivity contribution in [3.8, 4) is 0 Å². The summed E-state index contributed by atoms with van der Waals surface area (Å²) in [4.78, 5) is 34.5. The summed E-state index contributed by atoms with van der Waals surface area (Å²) in [5.41, 5.74) is 0.803. The van der Waals surface area contributed by atoms with Gasteiger partial charge in [0.25, 0.3) is 5.91 Å². The zero-order chi connectivity index (χ0) is 20.5. The first kappa shape index (κ1) is 20.0. The Morgan fingerprint density at radius 1 is 1.10 bits per heavy atom. The average molecular weight is 417 g/mol. The number of aryl methyl sites for hydroxylation is 2. The number of aromatic nitrogens is 4. The van der Waals surface area contributed by atoms with E-state index in [1.807, 2.05) is 30.6 Å². The quantitative estimate of drug-likeness (QED) is 0.768. The van der Waals surface area contributed by atoms with E-state index in [0.717, 1.165) is 53.0 Å². The minimum atomic E-state index is -0.00825. The van der Waals surface area contributed by atoms with Gasteiger partial charge in [-0.25, -0.2) is 4.98 Å². The molecule has 2 aliphatic rings. The highest BCUT2D eigenvalue weighted by Crippen LogP contribution is 2.31. The fourth-order valence-corrected chi connectivity index (χ4v) is 5.26. The van der Waals surface area contributed by atoms with Crippen LogP contribution in [-0.4, -0.2) is 61.0 Å². The van der Waals surface area contributed by atoms with Gasteiger partial charge in [0.15, 0.2) is 5.82 Å². The summed E-state index contributed by atoms with van der Waals surface area (Å²) >= 11 is 1.46. The molecule has 8 nitrogen and oxygen atoms in total. The Morgan fingerprint density at radius 2 is 1.93 bits per heavy atom. The van der Waals surface area contributed by atoms with Gasteiger partial charge in [0.1, 0.15) is 10.7 Å². The van der Waals surface area contributed by atoms with Gasteiger partial charge in [0.2, 0.25) is 5.91 Å². The molecule has 0 bridgehead atoms. The van der Waals surface area contributed by atoms with Crippen molar-refractivity contribution in [2.45, 2.75) is 65.5 Å². The molecule has 2 aromatic heterocycles. The second kappa shape index (κ2) is 8.22. The van der Waals surface area contributed by atoms with E-state index in [0.29, 0.717) is 32.5 Å². The minimum Gasteiger partial charge on any atom is -0.336 e. The second-order valence-electron chi connectivity index (χ2n) is 7.77. The third-order valence-corrected chi connectivity index (χ3v) is 6.92. The molecule has 2 aliphatic heterocycles. The minimum absolute atomic E-state index is 0.00825. The highest BCUT2D eigenvalue weighted by Gasteiger charge is 2.33. The van der Waals surface area contributed by atoms with E-state index in [2.05, 4.69) is 19.7 Å². The number of piperidine rings is 1. The fraction of sp³-hybridized carbons (Fsp3) is 0.650. The van der Waals surface area contributed by atoms with Gasteiger partial charge >= 0.3 is 0 Å². The van der Waals surface area contributed by atoms with Crippen molar-refractivity contribution in [3.05, 3.63) is 27.2 Å². The van der Waals surface area contributed by atoms with Crippen LogP contribution in [0.3, 0.4) is 0 Å². The van der Waals surface area contributed by atoms with E-state index in [1.54, 1.807) is 0 Å². The van der Waals surface area contributed by atoms with Crippen molar-refractivity contribution in [1.29, 1.82) is 0 Å². The number of rotatable bonds is 3. The standard InChI is InChI=1S/C20H28N6O2S/c1-4-17(27)25-9-6-5-7-15(25)19-23-22-16-8-10-24(11-12-26(16)19)20(28)18-13(2)21-14(3)29-18/h15H,4-12H2,1-3H3. The number of carbonyl (C=O) groups is 2. The monoisotopic (exact) mass is 416 g/mol. The Kier molecular flexibility index (Phi) is 5.67. The predicted molar refractivity (Wildman–Crippen MR) is 110 cm³/mol. The van der Waals surface area contributed by atoms with Crippen molar-refractivity contribution >= 4 is 23.2 Å². The number of hydrogen-bond acceptors (Lipinski definition) is 6. The van der Waals surface area contributed by atoms with Gasteiger partial charge in [-0.2, -0.15) is 0 Å². The molecule has 1 saturated heterocycles. The Balaban J connectivity index is 1.54. The highest BCUT2D eigenvalue weighted by molar-refractivity contribution is 7.13. The summed E-state index contributed by atoms with van der Waals surface area (Å²) in [5, 5.41) is 9.83. The molecule has 1 atom stereocenters. The first-order valence-electron chi connectivity index (χ1n) is 10.4. The molecule has 1 unspecified atom stereocenters. The summed E-state index contributed by atoms with van der Waals surface area (Å²) < 4.78 is 2.14. The first-order valence-corrected chi connectivity index (χ1v) is 11.3. The number of thiazole rings is 1. The highest BCUT2D eigenvalue weighted by atomic mass is 32.1. The molecule has 4 heterocycles. The number of amides is 2. The van der Waals surface area contributed by atoms with Crippen molar-refractivity contribution in [3.63, 3.8) is 0 Å². The van der Waals surface area contributed by atoms with Crippen LogP contribution in [0.5, 0.6) is 0 Å². The Labute approximate surface area is 174 Å². The molecule has 0 N–H and O–H groups in total. The average Bonchev–Trinajstić information content (AvgIpc) is 3.21. The third-order valence-electron chi connectivity index (χ3n) is 5.86. The van der Waals surface area contributed by atoms with E-state index >= 15 is 0 Å². The number of nitrogens with zero attached hydrogens (tertiary/aromatic N) is 6. The molecule has 29 heavy (non-hydrogen) atoms. The molecule has 2 aromatic rings. The predicted octanol–water partition coefficient (Wildman–Crippen LogP) is 2.51. The summed E-state index contributed by atoms with van der Waals surface area (Å²) in [6, 6.07) is -0.00825. The maximum Gasteiger partial charge on any atom is 0.265 e. The third kappa shape index (κ3) is 3.80. The lowest BCUT2D eigenvalue weighted by atomic mass is 10.0. The maximum absolute atomic E-state index is 13.0. The van der Waals surface area contributed by atoms with Crippen LogP contribution in [0.15, 0.2) is 0 Å². The van der Waals surface area contributed by atoms with Crippen LogP contribution in [0.4, 0.5) is 0 Å². The van der Waals surface area contributed by atoms with Gasteiger partial charge in [-0.05, 0) is 33.1 Å². The van der Waals surface area contributed by atoms with Gasteiger partial charge in [-0.3, -0.25) is 9.59 Å². The van der Waals surface area contributed by atoms with Crippen LogP contribution in [-0.2, 0) is 17.8 Å². The number of fused-ring (bicyclic) bond motifs is 1. The van der Waals surface area contributed by atoms with Crippen LogP contribution in [0.2, 0.25) is 0 Å². The normalized spacial score (nSPS) is 19.8. The van der Waals surface area contributed by atoms with Gasteiger partial charge in [-0.15, -0.1) is 21.5 Å². The zero-order valence-electron chi connectivity index (χ0n) is 17.3. The van der Waals surface area contributed by atoms with E-state index < -0.39 is 0 Å². The van der Waals surface area contributed by atoms with Gasteiger partial charge in [0.05, 0.1) is 16.7 Å². The molecule has 4 rings (SSSR count). The van der Waals surface area contributed by atoms with Crippen molar-refractivity contribution in [2.75, 3.05) is 19.6 Å². The van der Waals surface area contributed by atoms with Crippen LogP contribution in [0, 0.1) is 13.8 Å². The second-order valence-corrected chi connectivity index (χ2v) is 8.97. The summed E-state index contributed by atoms with van der Waals surface area (Å²) in [7, 11) is 0. The lowest BCUT2D eigenvalue weighted by Gasteiger charge is -2.35. The van der Waals surface area contributed by atoms with Gasteiger partial charge in [0, 0.05) is 39.0 Å². The molecule has 1 fully saturated rings. The number of likely N-dealkylation sites (tertiary alicyclic amines) is 1. The van der Waals surface area contributed by atoms with Gasteiger partial charge < -0.3 is 14.4 Å². The number of hydrogen-bond donors (Lipinski definition) is 0. The van der Waals surface area contributed by atoms with E-state index in [9.17, 15) is 9.59 Å². The molecule has 2 amide bonds. The number of carbonyl (C=O) groups excluding carboxylic acids is 2. The molecule has 0 aliphatic carbocycles. The maximum atomic E-state index is 13.0. The topological polar surface area (TPSA) is 84.2 Å². The molecule has 0 saturated carbocycles. The zero-order valence-corrected chi connectivity index (χ0v) is 18.2. The molecule has 0 spiro atoms. The molecule has 0 radical (unpaired) electrons. The molecular weight excluding hydrogens is 388 g/mol. The van der Waals surface area contributed by atoms with E-state index in [4.69, 9.17) is 0 Å². The summed E-state index contributed by atoms with van der Waals surface area (Å²) in [6.07, 6.45) is 4.23. The summed E-state index contributed by atoms with van der Waals surface area (Å²) in [5.74, 6) is 2.00. The van der Waals surface area contributed by atoms with E-state index in [1.165, 1.54) is 11.3 Å².